The van der Waals surface area contributed by atoms with Gasteiger partial charge in [-0.1, -0.05) is 23.4 Å². The molecule has 0 saturated carbocycles. The van der Waals surface area contributed by atoms with Crippen LogP contribution in [0.4, 0.5) is 10.1 Å². The summed E-state index contributed by atoms with van der Waals surface area (Å²) in [6, 6.07) is 10.5. The van der Waals surface area contributed by atoms with Crippen LogP contribution in [0.5, 0.6) is 0 Å². The van der Waals surface area contributed by atoms with E-state index < -0.39 is 5.82 Å². The molecule has 3 rings (SSSR count). The summed E-state index contributed by atoms with van der Waals surface area (Å²) in [4.78, 5) is 29.8. The lowest BCUT2D eigenvalue weighted by molar-refractivity contribution is -0.131. The van der Waals surface area contributed by atoms with Crippen LogP contribution in [0.3, 0.4) is 0 Å². The van der Waals surface area contributed by atoms with Gasteiger partial charge in [-0.15, -0.1) is 0 Å². The molecule has 0 aliphatic heterocycles. The number of halogens is 2. The minimum atomic E-state index is -0.390. The highest BCUT2D eigenvalue weighted by Gasteiger charge is 2.15. The van der Waals surface area contributed by atoms with Crippen molar-refractivity contribution in [1.82, 2.24) is 9.88 Å². The van der Waals surface area contributed by atoms with Crippen LogP contribution in [0.25, 0.3) is 11.1 Å². The molecule has 0 spiro atoms. The van der Waals surface area contributed by atoms with Gasteiger partial charge in [0.15, 0.2) is 5.58 Å². The van der Waals surface area contributed by atoms with Crippen LogP contribution < -0.4 is 5.32 Å². The Hall–Kier alpha value is -2.58. The Bertz CT molecular complexity index is 978. The maximum absolute atomic E-state index is 12.9. The molecule has 1 heterocycles. The number of rotatable bonds is 6. The summed E-state index contributed by atoms with van der Waals surface area (Å²) in [6.07, 6.45) is 0. The number of carbonyl (C=O) groups excluding carboxylic acids is 2. The third kappa shape index (κ3) is 5.21. The number of fused-ring (bicyclic) bond motifs is 1. The Kier molecular flexibility index (Phi) is 5.98. The van der Waals surface area contributed by atoms with Crippen molar-refractivity contribution in [3.8, 4) is 0 Å². The van der Waals surface area contributed by atoms with Gasteiger partial charge < -0.3 is 14.6 Å². The number of oxazole rings is 1. The fourth-order valence-electron chi connectivity index (χ4n) is 2.21. The van der Waals surface area contributed by atoms with Crippen molar-refractivity contribution >= 4 is 52.0 Å². The van der Waals surface area contributed by atoms with Gasteiger partial charge in [-0.25, -0.2) is 9.37 Å². The van der Waals surface area contributed by atoms with Gasteiger partial charge >= 0.3 is 0 Å². The van der Waals surface area contributed by atoms with Crippen molar-refractivity contribution in [2.45, 2.75) is 5.22 Å². The fourth-order valence-corrected chi connectivity index (χ4v) is 3.15. The molecule has 140 valence electrons. The smallest absolute Gasteiger partial charge is 0.257 e. The second-order valence-corrected chi connectivity index (χ2v) is 7.05. The first-order chi connectivity index (χ1) is 12.9. The van der Waals surface area contributed by atoms with Crippen molar-refractivity contribution in [2.24, 2.45) is 0 Å². The Morgan fingerprint density at radius 2 is 2.00 bits per heavy atom. The molecular formula is C18H15ClFN3O3S. The molecule has 1 aromatic heterocycles. The quantitative estimate of drug-likeness (QED) is 0.629. The van der Waals surface area contributed by atoms with E-state index in [-0.39, 0.29) is 24.1 Å². The first kappa shape index (κ1) is 19.2. The molecule has 0 aliphatic carbocycles. The number of amides is 2. The minimum absolute atomic E-state index is 0.0703. The summed E-state index contributed by atoms with van der Waals surface area (Å²) >= 11 is 7.04. The van der Waals surface area contributed by atoms with Crippen molar-refractivity contribution in [1.29, 1.82) is 0 Å². The van der Waals surface area contributed by atoms with E-state index in [9.17, 15) is 14.0 Å². The van der Waals surface area contributed by atoms with Gasteiger partial charge in [0.1, 0.15) is 11.3 Å². The normalized spacial score (nSPS) is 10.8. The number of hydrogen-bond donors (Lipinski definition) is 1. The van der Waals surface area contributed by atoms with Crippen molar-refractivity contribution in [3.05, 3.63) is 53.3 Å². The zero-order chi connectivity index (χ0) is 19.4. The topological polar surface area (TPSA) is 75.4 Å². The van der Waals surface area contributed by atoms with E-state index in [0.717, 1.165) is 11.8 Å². The number of nitrogens with zero attached hydrogens (tertiary/aromatic N) is 2. The van der Waals surface area contributed by atoms with Crippen LogP contribution in [-0.4, -0.2) is 41.0 Å². The second kappa shape index (κ2) is 8.41. The predicted octanol–water partition coefficient (Wildman–Crippen LogP) is 3.81. The maximum atomic E-state index is 12.9. The van der Waals surface area contributed by atoms with E-state index in [4.69, 9.17) is 16.0 Å². The molecule has 9 heteroatoms. The van der Waals surface area contributed by atoms with Gasteiger partial charge in [0, 0.05) is 23.8 Å². The molecule has 0 atom stereocenters. The number of aromatic nitrogens is 1. The SMILES string of the molecule is CN(CC(=O)Nc1ccc(F)cc1)C(=O)CSc1nc2ccc(Cl)cc2o1. The molecule has 0 bridgehead atoms. The fraction of sp³-hybridized carbons (Fsp3) is 0.167. The summed E-state index contributed by atoms with van der Waals surface area (Å²) in [7, 11) is 1.53. The molecule has 0 fully saturated rings. The van der Waals surface area contributed by atoms with Gasteiger partial charge in [0.2, 0.25) is 11.8 Å². The third-order valence-corrected chi connectivity index (χ3v) is 4.63. The number of benzene rings is 2. The van der Waals surface area contributed by atoms with E-state index in [0.29, 0.717) is 27.0 Å². The van der Waals surface area contributed by atoms with Crippen LogP contribution in [0.15, 0.2) is 52.1 Å². The highest BCUT2D eigenvalue weighted by Crippen LogP contribution is 2.25. The first-order valence-corrected chi connectivity index (χ1v) is 9.25. The monoisotopic (exact) mass is 407 g/mol. The van der Waals surface area contributed by atoms with Crippen LogP contribution >= 0.6 is 23.4 Å². The summed E-state index contributed by atoms with van der Waals surface area (Å²) in [5.74, 6) is -0.951. The van der Waals surface area contributed by atoms with Crippen molar-refractivity contribution in [3.63, 3.8) is 0 Å². The minimum Gasteiger partial charge on any atom is -0.431 e. The molecule has 0 aliphatic rings. The van der Waals surface area contributed by atoms with E-state index in [1.165, 1.54) is 36.2 Å². The third-order valence-electron chi connectivity index (χ3n) is 3.58. The molecular weight excluding hydrogens is 393 g/mol. The number of likely N-dealkylation sites (N-methyl/N-ethyl adjacent to an activating group) is 1. The van der Waals surface area contributed by atoms with Crippen molar-refractivity contribution in [2.75, 3.05) is 24.7 Å². The average molecular weight is 408 g/mol. The lowest BCUT2D eigenvalue weighted by Crippen LogP contribution is -2.35. The van der Waals surface area contributed by atoms with Crippen molar-refractivity contribution < 1.29 is 18.4 Å². The summed E-state index contributed by atoms with van der Waals surface area (Å²) in [5, 5.41) is 3.49. The van der Waals surface area contributed by atoms with Gasteiger partial charge in [0.25, 0.3) is 5.22 Å². The molecule has 2 aromatic carbocycles. The van der Waals surface area contributed by atoms with Crippen LogP contribution in [-0.2, 0) is 9.59 Å². The van der Waals surface area contributed by atoms with Gasteiger partial charge in [-0.3, -0.25) is 9.59 Å². The maximum Gasteiger partial charge on any atom is 0.257 e. The number of nitrogens with one attached hydrogen (secondary N) is 1. The zero-order valence-corrected chi connectivity index (χ0v) is 15.8. The molecule has 27 heavy (non-hydrogen) atoms. The molecule has 1 N–H and O–H groups in total. The molecule has 0 radical (unpaired) electrons. The first-order valence-electron chi connectivity index (χ1n) is 7.89. The average Bonchev–Trinajstić information content (AvgIpc) is 3.03. The highest BCUT2D eigenvalue weighted by atomic mass is 35.5. The molecule has 0 unspecified atom stereocenters. The Labute approximate surface area is 163 Å². The number of carbonyl (C=O) groups is 2. The zero-order valence-electron chi connectivity index (χ0n) is 14.2. The van der Waals surface area contributed by atoms with E-state index in [1.807, 2.05) is 0 Å². The number of thioether (sulfide) groups is 1. The van der Waals surface area contributed by atoms with Crippen LogP contribution in [0.2, 0.25) is 5.02 Å². The lowest BCUT2D eigenvalue weighted by atomic mass is 10.3. The molecule has 6 nitrogen and oxygen atoms in total. The molecule has 2 amide bonds. The Morgan fingerprint density at radius 1 is 1.26 bits per heavy atom. The Morgan fingerprint density at radius 3 is 2.74 bits per heavy atom. The highest BCUT2D eigenvalue weighted by molar-refractivity contribution is 7.99. The van der Waals surface area contributed by atoms with Gasteiger partial charge in [-0.05, 0) is 36.4 Å². The van der Waals surface area contributed by atoms with Crippen LogP contribution in [0, 0.1) is 5.82 Å². The van der Waals surface area contributed by atoms with Gasteiger partial charge in [0.05, 0.1) is 12.3 Å². The molecule has 0 saturated heterocycles. The standard InChI is InChI=1S/C18H15ClFN3O3S/c1-23(9-16(24)21-13-5-3-12(20)4-6-13)17(25)10-27-18-22-14-7-2-11(19)8-15(14)26-18/h2-8H,9-10H2,1H3,(H,21,24). The van der Waals surface area contributed by atoms with Gasteiger partial charge in [-0.2, -0.15) is 0 Å². The van der Waals surface area contributed by atoms with E-state index in [1.54, 1.807) is 18.2 Å². The lowest BCUT2D eigenvalue weighted by Gasteiger charge is -2.16. The second-order valence-electron chi connectivity index (χ2n) is 5.69. The Balaban J connectivity index is 1.50. The largest absolute Gasteiger partial charge is 0.431 e. The predicted molar refractivity (Wildman–Crippen MR) is 102 cm³/mol. The number of anilines is 1. The number of hydrogen-bond acceptors (Lipinski definition) is 5. The van der Waals surface area contributed by atoms with E-state index >= 15 is 0 Å². The van der Waals surface area contributed by atoms with E-state index in [2.05, 4.69) is 10.3 Å². The van der Waals surface area contributed by atoms with Crippen LogP contribution in [0.1, 0.15) is 0 Å². The summed E-state index contributed by atoms with van der Waals surface area (Å²) < 4.78 is 18.4. The summed E-state index contributed by atoms with van der Waals surface area (Å²) in [5.41, 5.74) is 1.66. The summed E-state index contributed by atoms with van der Waals surface area (Å²) in [6.45, 7) is -0.125. The molecule has 3 aromatic rings.